The van der Waals surface area contributed by atoms with Gasteiger partial charge >= 0.3 is 5.97 Å². The summed E-state index contributed by atoms with van der Waals surface area (Å²) in [5, 5.41) is 5.39. The third kappa shape index (κ3) is 4.83. The van der Waals surface area contributed by atoms with Crippen molar-refractivity contribution in [3.63, 3.8) is 0 Å². The molecule has 0 unspecified atom stereocenters. The first-order chi connectivity index (χ1) is 13.8. The van der Waals surface area contributed by atoms with Gasteiger partial charge in [-0.15, -0.1) is 16.4 Å². The molecule has 2 aromatic heterocycles. The van der Waals surface area contributed by atoms with Gasteiger partial charge in [-0.3, -0.25) is 9.69 Å². The average molecular weight is 438 g/mol. The summed E-state index contributed by atoms with van der Waals surface area (Å²) in [6, 6.07) is 3.48. The molecule has 2 aromatic rings. The van der Waals surface area contributed by atoms with Gasteiger partial charge in [-0.25, -0.2) is 9.48 Å². The number of aromatic nitrogens is 2. The Hall–Kier alpha value is -1.86. The van der Waals surface area contributed by atoms with E-state index in [0.717, 1.165) is 30.7 Å². The lowest BCUT2D eigenvalue weighted by Gasteiger charge is -2.32. The fraction of sp³-hybridized carbons (Fsp3) is 0.571. The van der Waals surface area contributed by atoms with Crippen LogP contribution in [0.1, 0.15) is 63.7 Å². The molecule has 0 N–H and O–H groups in total. The van der Waals surface area contributed by atoms with Crippen molar-refractivity contribution in [2.24, 2.45) is 11.8 Å². The number of ether oxygens (including phenoxy) is 1. The summed E-state index contributed by atoms with van der Waals surface area (Å²) in [6.45, 7) is 8.13. The van der Waals surface area contributed by atoms with Crippen LogP contribution in [0.3, 0.4) is 0 Å². The molecule has 1 saturated carbocycles. The summed E-state index contributed by atoms with van der Waals surface area (Å²) >= 11 is 7.42. The van der Waals surface area contributed by atoms with E-state index in [1.807, 2.05) is 19.9 Å². The van der Waals surface area contributed by atoms with E-state index < -0.39 is 5.97 Å². The van der Waals surface area contributed by atoms with E-state index in [9.17, 15) is 9.59 Å². The molecule has 158 valence electrons. The Morgan fingerprint density at radius 2 is 2.00 bits per heavy atom. The molecule has 0 aromatic carbocycles. The van der Waals surface area contributed by atoms with Crippen molar-refractivity contribution in [3.8, 4) is 5.00 Å². The lowest BCUT2D eigenvalue weighted by molar-refractivity contribution is -0.123. The van der Waals surface area contributed by atoms with Crippen LogP contribution in [0.5, 0.6) is 0 Å². The second-order valence-corrected chi connectivity index (χ2v) is 9.56. The average Bonchev–Trinajstić information content (AvgIpc) is 3.29. The van der Waals surface area contributed by atoms with Crippen molar-refractivity contribution in [1.82, 2.24) is 9.78 Å². The number of halogens is 1. The number of hydrogen-bond acceptors (Lipinski definition) is 5. The zero-order chi connectivity index (χ0) is 21.1. The molecular weight excluding hydrogens is 410 g/mol. The van der Waals surface area contributed by atoms with Crippen LogP contribution >= 0.6 is 22.9 Å². The number of thiophene rings is 1. The summed E-state index contributed by atoms with van der Waals surface area (Å²) in [6.07, 6.45) is 5.48. The molecule has 0 aliphatic heterocycles. The fourth-order valence-corrected chi connectivity index (χ4v) is 4.70. The van der Waals surface area contributed by atoms with Crippen molar-refractivity contribution >= 4 is 40.6 Å². The summed E-state index contributed by atoms with van der Waals surface area (Å²) < 4.78 is 7.47. The highest BCUT2D eigenvalue weighted by atomic mass is 35.5. The molecule has 0 radical (unpaired) electrons. The Bertz CT molecular complexity index is 868. The van der Waals surface area contributed by atoms with Crippen LogP contribution in [0.15, 0.2) is 18.3 Å². The Morgan fingerprint density at radius 1 is 1.31 bits per heavy atom. The van der Waals surface area contributed by atoms with Crippen molar-refractivity contribution in [3.05, 3.63) is 28.2 Å². The van der Waals surface area contributed by atoms with Gasteiger partial charge < -0.3 is 4.74 Å². The van der Waals surface area contributed by atoms with Crippen molar-refractivity contribution in [2.75, 3.05) is 11.5 Å². The van der Waals surface area contributed by atoms with Gasteiger partial charge in [-0.05, 0) is 64.5 Å². The number of carbonyl (C=O) groups excluding carboxylic acids is 2. The molecule has 29 heavy (non-hydrogen) atoms. The third-order valence-electron chi connectivity index (χ3n) is 5.32. The van der Waals surface area contributed by atoms with E-state index in [4.69, 9.17) is 16.3 Å². The first-order valence-corrected chi connectivity index (χ1v) is 11.4. The zero-order valence-electron chi connectivity index (χ0n) is 17.4. The number of rotatable bonds is 6. The van der Waals surface area contributed by atoms with Crippen LogP contribution in [-0.2, 0) is 9.53 Å². The zero-order valence-corrected chi connectivity index (χ0v) is 18.9. The van der Waals surface area contributed by atoms with Gasteiger partial charge in [0.1, 0.15) is 10.6 Å². The molecule has 3 rings (SSSR count). The number of esters is 1. The maximum Gasteiger partial charge on any atom is 0.343 e. The van der Waals surface area contributed by atoms with Gasteiger partial charge in [0.15, 0.2) is 5.82 Å². The van der Waals surface area contributed by atoms with Crippen molar-refractivity contribution in [1.29, 1.82) is 0 Å². The Kier molecular flexibility index (Phi) is 7.01. The lowest BCUT2D eigenvalue weighted by Crippen LogP contribution is -2.43. The van der Waals surface area contributed by atoms with Crippen molar-refractivity contribution < 1.29 is 14.3 Å². The number of hydrogen-bond donors (Lipinski definition) is 0. The van der Waals surface area contributed by atoms with E-state index in [0.29, 0.717) is 21.6 Å². The molecule has 1 aliphatic carbocycles. The standard InChI is InChI=1S/C21H28ClN3O3S/c1-5-28-21(27)16-12-24(18-11-10-17(22)29-18)23-19(16)25(13(2)3)20(26)15-8-6-14(4)7-9-15/h10-15H,5-9H2,1-4H3/t14-,15-. The van der Waals surface area contributed by atoms with Gasteiger partial charge in [-0.2, -0.15) is 0 Å². The van der Waals surface area contributed by atoms with E-state index in [1.54, 1.807) is 28.8 Å². The molecule has 8 heteroatoms. The van der Waals surface area contributed by atoms with Gasteiger partial charge in [0.2, 0.25) is 5.91 Å². The molecule has 0 spiro atoms. The van der Waals surface area contributed by atoms with Gasteiger partial charge in [0.25, 0.3) is 0 Å². The minimum absolute atomic E-state index is 0.0342. The predicted octanol–water partition coefficient (Wildman–Crippen LogP) is 5.33. The third-order valence-corrected chi connectivity index (χ3v) is 6.54. The van der Waals surface area contributed by atoms with Crippen molar-refractivity contribution in [2.45, 2.75) is 59.4 Å². The molecule has 1 amide bonds. The van der Waals surface area contributed by atoms with E-state index in [2.05, 4.69) is 12.0 Å². The molecular formula is C21H28ClN3O3S. The summed E-state index contributed by atoms with van der Waals surface area (Å²) in [7, 11) is 0. The number of amides is 1. The molecule has 2 heterocycles. The second kappa shape index (κ2) is 9.30. The molecule has 0 saturated heterocycles. The molecule has 6 nitrogen and oxygen atoms in total. The predicted molar refractivity (Wildman–Crippen MR) is 116 cm³/mol. The minimum Gasteiger partial charge on any atom is -0.462 e. The van der Waals surface area contributed by atoms with Crippen LogP contribution < -0.4 is 4.90 Å². The molecule has 0 bridgehead atoms. The minimum atomic E-state index is -0.480. The Labute approximate surface area is 180 Å². The topological polar surface area (TPSA) is 64.4 Å². The smallest absolute Gasteiger partial charge is 0.343 e. The molecule has 0 atom stereocenters. The Morgan fingerprint density at radius 3 is 2.55 bits per heavy atom. The molecule has 1 fully saturated rings. The number of anilines is 1. The Balaban J connectivity index is 2.00. The van der Waals surface area contributed by atoms with Gasteiger partial charge in [0.05, 0.1) is 10.9 Å². The van der Waals surface area contributed by atoms with Crippen LogP contribution in [0.4, 0.5) is 5.82 Å². The monoisotopic (exact) mass is 437 g/mol. The maximum atomic E-state index is 13.4. The summed E-state index contributed by atoms with van der Waals surface area (Å²) in [4.78, 5) is 27.7. The highest BCUT2D eigenvalue weighted by Gasteiger charge is 2.34. The van der Waals surface area contributed by atoms with Crippen LogP contribution in [0.2, 0.25) is 4.34 Å². The van der Waals surface area contributed by atoms with Crippen LogP contribution in [0.25, 0.3) is 5.00 Å². The summed E-state index contributed by atoms with van der Waals surface area (Å²) in [5.41, 5.74) is 0.294. The number of carbonyl (C=O) groups is 2. The fourth-order valence-electron chi connectivity index (χ4n) is 3.74. The highest BCUT2D eigenvalue weighted by Crippen LogP contribution is 2.33. The quantitative estimate of drug-likeness (QED) is 0.573. The van der Waals surface area contributed by atoms with E-state index >= 15 is 0 Å². The molecule has 1 aliphatic rings. The highest BCUT2D eigenvalue weighted by molar-refractivity contribution is 7.18. The van der Waals surface area contributed by atoms with E-state index in [-0.39, 0.29) is 24.5 Å². The summed E-state index contributed by atoms with van der Waals surface area (Å²) in [5.74, 6) is 0.528. The van der Waals surface area contributed by atoms with Crippen LogP contribution in [0, 0.1) is 11.8 Å². The van der Waals surface area contributed by atoms with Gasteiger partial charge in [0, 0.05) is 18.2 Å². The first-order valence-electron chi connectivity index (χ1n) is 10.2. The normalized spacial score (nSPS) is 19.4. The van der Waals surface area contributed by atoms with E-state index in [1.165, 1.54) is 11.3 Å². The maximum absolute atomic E-state index is 13.4. The van der Waals surface area contributed by atoms with Gasteiger partial charge in [-0.1, -0.05) is 18.5 Å². The first kappa shape index (κ1) is 21.8. The number of nitrogens with zero attached hydrogens (tertiary/aromatic N) is 3. The van der Waals surface area contributed by atoms with Crippen LogP contribution in [-0.4, -0.2) is 34.3 Å². The largest absolute Gasteiger partial charge is 0.462 e. The second-order valence-electron chi connectivity index (χ2n) is 7.87. The lowest BCUT2D eigenvalue weighted by atomic mass is 9.82. The SMILES string of the molecule is CCOC(=O)c1cn(-c2ccc(Cl)s2)nc1N(C(=O)[C@H]1CC[C@H](C)CC1)C(C)C.